The van der Waals surface area contributed by atoms with Gasteiger partial charge in [0.15, 0.2) is 5.65 Å². The van der Waals surface area contributed by atoms with Crippen molar-refractivity contribution in [3.63, 3.8) is 0 Å². The van der Waals surface area contributed by atoms with Crippen LogP contribution in [0, 0.1) is 13.8 Å². The van der Waals surface area contributed by atoms with E-state index in [0.717, 1.165) is 22.3 Å². The smallest absolute Gasteiger partial charge is 0.306 e. The number of alkyl halides is 2. The predicted octanol–water partition coefficient (Wildman–Crippen LogP) is 6.46. The van der Waals surface area contributed by atoms with Crippen LogP contribution in [-0.4, -0.2) is 58.2 Å². The molecule has 2 N–H and O–H groups in total. The lowest BCUT2D eigenvalue weighted by Gasteiger charge is -2.41. The Morgan fingerprint density at radius 1 is 1.19 bits per heavy atom. The topological polar surface area (TPSA) is 122 Å². The fourth-order valence-electron chi connectivity index (χ4n) is 5.41. The molecule has 10 nitrogen and oxygen atoms in total. The van der Waals surface area contributed by atoms with Gasteiger partial charge in [-0.3, -0.25) is 18.3 Å². The molecule has 1 aliphatic rings. The van der Waals surface area contributed by atoms with Crippen LogP contribution in [0.3, 0.4) is 0 Å². The van der Waals surface area contributed by atoms with E-state index >= 15 is 0 Å². The zero-order valence-electron chi connectivity index (χ0n) is 24.4. The molecule has 5 rings (SSSR count). The minimum Gasteiger partial charge on any atom is -0.472 e. The summed E-state index contributed by atoms with van der Waals surface area (Å²) >= 11 is 0. The molecule has 0 saturated heterocycles. The van der Waals surface area contributed by atoms with Gasteiger partial charge in [0, 0.05) is 24.9 Å². The van der Waals surface area contributed by atoms with E-state index in [4.69, 9.17) is 9.47 Å². The van der Waals surface area contributed by atoms with Crippen molar-refractivity contribution in [1.29, 1.82) is 0 Å². The van der Waals surface area contributed by atoms with E-state index in [2.05, 4.69) is 15.2 Å². The number of pyridine rings is 2. The van der Waals surface area contributed by atoms with Crippen molar-refractivity contribution in [2.24, 2.45) is 0 Å². The first-order valence-corrected chi connectivity index (χ1v) is 15.6. The zero-order valence-corrected chi connectivity index (χ0v) is 25.2. The second-order valence-corrected chi connectivity index (χ2v) is 12.5. The van der Waals surface area contributed by atoms with Crippen LogP contribution in [0.2, 0.25) is 0 Å². The van der Waals surface area contributed by atoms with Gasteiger partial charge in [-0.2, -0.15) is 4.31 Å². The van der Waals surface area contributed by atoms with Crippen molar-refractivity contribution in [3.8, 4) is 5.88 Å². The summed E-state index contributed by atoms with van der Waals surface area (Å²) < 4.78 is 64.1. The highest BCUT2D eigenvalue weighted by Gasteiger charge is 2.36. The number of hydrogen-bond donors (Lipinski definition) is 2. The SMILES string of the molecule is CCOC(=O)CC(c1ccc(C)c(CN2CC(CC)Oc3ncccc3S2(O)O)c1)c1ccn2c(C(F)F)nnc2c1C. The number of aryl methyl sites for hydroxylation is 2. The molecule has 0 amide bonds. The van der Waals surface area contributed by atoms with Gasteiger partial charge >= 0.3 is 5.97 Å². The third-order valence-electron chi connectivity index (χ3n) is 7.79. The normalized spacial score (nSPS) is 18.1. The summed E-state index contributed by atoms with van der Waals surface area (Å²) in [7, 11) is -3.43. The maximum absolute atomic E-state index is 13.5. The van der Waals surface area contributed by atoms with Crippen LogP contribution < -0.4 is 4.74 Å². The number of carbonyl (C=O) groups is 1. The van der Waals surface area contributed by atoms with Gasteiger partial charge in [0.2, 0.25) is 11.7 Å². The Labute approximate surface area is 250 Å². The minimum atomic E-state index is -3.43. The third-order valence-corrected chi connectivity index (χ3v) is 9.69. The molecule has 4 aromatic rings. The number of halogens is 2. The average Bonchev–Trinajstić information content (AvgIpc) is 3.38. The second kappa shape index (κ2) is 12.5. The molecule has 1 aliphatic heterocycles. The summed E-state index contributed by atoms with van der Waals surface area (Å²) in [5.74, 6) is -1.13. The molecule has 2 unspecified atom stereocenters. The Morgan fingerprint density at radius 2 is 1.98 bits per heavy atom. The van der Waals surface area contributed by atoms with Gasteiger partial charge in [0.25, 0.3) is 6.43 Å². The van der Waals surface area contributed by atoms with Gasteiger partial charge in [0.05, 0.1) is 19.6 Å². The molecule has 4 heterocycles. The zero-order chi connectivity index (χ0) is 30.9. The van der Waals surface area contributed by atoms with Crippen molar-refractivity contribution in [2.75, 3.05) is 13.2 Å². The van der Waals surface area contributed by atoms with Crippen molar-refractivity contribution in [3.05, 3.63) is 82.4 Å². The number of carbonyl (C=O) groups excluding carboxylic acids is 1. The van der Waals surface area contributed by atoms with Crippen molar-refractivity contribution >= 4 is 22.4 Å². The Morgan fingerprint density at radius 3 is 2.70 bits per heavy atom. The van der Waals surface area contributed by atoms with Gasteiger partial charge in [0.1, 0.15) is 11.0 Å². The summed E-state index contributed by atoms with van der Waals surface area (Å²) in [4.78, 5) is 17.3. The lowest BCUT2D eigenvalue weighted by Crippen LogP contribution is -2.34. The number of hydrogen-bond acceptors (Lipinski definition) is 9. The molecule has 3 aromatic heterocycles. The Bertz CT molecular complexity index is 1630. The quantitative estimate of drug-likeness (QED) is 0.204. The molecule has 0 fully saturated rings. The molecule has 230 valence electrons. The van der Waals surface area contributed by atoms with E-state index in [1.165, 1.54) is 10.6 Å². The molecule has 0 aliphatic carbocycles. The Hall–Kier alpha value is -3.65. The number of benzene rings is 1. The molecule has 1 aromatic carbocycles. The third kappa shape index (κ3) is 6.07. The van der Waals surface area contributed by atoms with Crippen molar-refractivity contribution < 1.29 is 32.2 Å². The van der Waals surface area contributed by atoms with E-state index in [1.807, 2.05) is 32.0 Å². The molecular formula is C30H35F2N5O5S. The van der Waals surface area contributed by atoms with Crippen molar-refractivity contribution in [1.82, 2.24) is 23.9 Å². The molecule has 43 heavy (non-hydrogen) atoms. The van der Waals surface area contributed by atoms with Gasteiger partial charge in [-0.05, 0) is 73.2 Å². The molecule has 2 atom stereocenters. The van der Waals surface area contributed by atoms with Gasteiger partial charge < -0.3 is 9.47 Å². The molecule has 0 spiro atoms. The fourth-order valence-corrected chi connectivity index (χ4v) is 6.98. The first kappa shape index (κ1) is 30.8. The molecule has 0 radical (unpaired) electrons. The Balaban J connectivity index is 1.56. The lowest BCUT2D eigenvalue weighted by molar-refractivity contribution is -0.143. The summed E-state index contributed by atoms with van der Waals surface area (Å²) in [5.41, 5.74) is 4.16. The van der Waals surface area contributed by atoms with Crippen LogP contribution in [0.15, 0.2) is 53.7 Å². The molecular weight excluding hydrogens is 580 g/mol. The highest BCUT2D eigenvalue weighted by atomic mass is 32.3. The summed E-state index contributed by atoms with van der Waals surface area (Å²) in [6, 6.07) is 10.8. The van der Waals surface area contributed by atoms with E-state index in [-0.39, 0.29) is 48.6 Å². The van der Waals surface area contributed by atoms with E-state index in [1.54, 1.807) is 42.5 Å². The number of nitrogens with zero attached hydrogens (tertiary/aromatic N) is 5. The summed E-state index contributed by atoms with van der Waals surface area (Å²) in [6.07, 6.45) is 0.601. The minimum absolute atomic E-state index is 0.00684. The average molecular weight is 616 g/mol. The highest BCUT2D eigenvalue weighted by molar-refractivity contribution is 8.22. The van der Waals surface area contributed by atoms with Crippen LogP contribution >= 0.6 is 10.8 Å². The number of rotatable bonds is 9. The number of esters is 1. The van der Waals surface area contributed by atoms with Gasteiger partial charge in [-0.15, -0.1) is 21.0 Å². The number of ether oxygens (including phenoxy) is 2. The summed E-state index contributed by atoms with van der Waals surface area (Å²) in [6.45, 7) is 8.08. The van der Waals surface area contributed by atoms with E-state index in [9.17, 15) is 22.7 Å². The van der Waals surface area contributed by atoms with E-state index in [0.29, 0.717) is 12.0 Å². The van der Waals surface area contributed by atoms with Crippen LogP contribution in [0.1, 0.15) is 72.7 Å². The Kier molecular flexibility index (Phi) is 8.97. The lowest BCUT2D eigenvalue weighted by atomic mass is 9.85. The fraction of sp³-hybridized carbons (Fsp3) is 0.400. The molecule has 0 bridgehead atoms. The first-order valence-electron chi connectivity index (χ1n) is 14.1. The maximum atomic E-state index is 13.5. The van der Waals surface area contributed by atoms with E-state index < -0.39 is 34.9 Å². The molecule has 0 saturated carbocycles. The highest BCUT2D eigenvalue weighted by Crippen LogP contribution is 2.57. The second-order valence-electron chi connectivity index (χ2n) is 10.5. The predicted molar refractivity (Wildman–Crippen MR) is 157 cm³/mol. The van der Waals surface area contributed by atoms with Crippen LogP contribution in [0.4, 0.5) is 8.78 Å². The van der Waals surface area contributed by atoms with Crippen molar-refractivity contribution in [2.45, 2.75) is 70.4 Å². The summed E-state index contributed by atoms with van der Waals surface area (Å²) in [5, 5.41) is 7.67. The first-order chi connectivity index (χ1) is 20.5. The molecule has 13 heteroatoms. The van der Waals surface area contributed by atoms with Crippen LogP contribution in [0.5, 0.6) is 5.88 Å². The monoisotopic (exact) mass is 615 g/mol. The maximum Gasteiger partial charge on any atom is 0.306 e. The van der Waals surface area contributed by atoms with Gasteiger partial charge in [-0.25, -0.2) is 13.8 Å². The van der Waals surface area contributed by atoms with Crippen LogP contribution in [-0.2, 0) is 16.1 Å². The number of aromatic nitrogens is 4. The van der Waals surface area contributed by atoms with Gasteiger partial charge in [-0.1, -0.05) is 25.1 Å². The number of fused-ring (bicyclic) bond motifs is 2. The van der Waals surface area contributed by atoms with Crippen LogP contribution in [0.25, 0.3) is 5.65 Å². The largest absolute Gasteiger partial charge is 0.472 e. The standard InChI is InChI=1S/C30H35F2N5O5S/c1-5-22-17-36(43(39,40)25-8-7-12-33-30(25)42-22)16-21-14-20(10-9-18(21)3)24(15-26(38)41-6-2)23-11-13-37-28(19(23)4)34-35-29(37)27(31)32/h7-14,22,24,27,39-40H,5-6,15-17H2,1-4H3.